The van der Waals surface area contributed by atoms with Crippen LogP contribution in [0.15, 0.2) is 35.2 Å². The quantitative estimate of drug-likeness (QED) is 0.787. The first-order valence-electron chi connectivity index (χ1n) is 6.17. The van der Waals surface area contributed by atoms with E-state index >= 15 is 0 Å². The van der Waals surface area contributed by atoms with E-state index in [2.05, 4.69) is 20.1 Å². The number of aromatic nitrogens is 4. The van der Waals surface area contributed by atoms with Gasteiger partial charge in [0.1, 0.15) is 5.69 Å². The monoisotopic (exact) mass is 284 g/mol. The standard InChI is InChI=1S/C14H12N4O3/c1-8-5-9(12(19)11(6-8)20-2)14-17-13(18-21-14)10-7-15-3-4-16-10/h3-7,19H,1-2H3. The van der Waals surface area contributed by atoms with Crippen LogP contribution in [-0.2, 0) is 0 Å². The summed E-state index contributed by atoms with van der Waals surface area (Å²) in [5.41, 5.74) is 1.81. The van der Waals surface area contributed by atoms with Gasteiger partial charge in [-0.15, -0.1) is 0 Å². The van der Waals surface area contributed by atoms with E-state index in [1.54, 1.807) is 24.5 Å². The highest BCUT2D eigenvalue weighted by molar-refractivity contribution is 5.69. The molecule has 2 aromatic heterocycles. The van der Waals surface area contributed by atoms with Crippen LogP contribution < -0.4 is 4.74 Å². The number of benzene rings is 1. The Morgan fingerprint density at radius 2 is 2.10 bits per heavy atom. The van der Waals surface area contributed by atoms with Crippen molar-refractivity contribution in [3.63, 3.8) is 0 Å². The lowest BCUT2D eigenvalue weighted by molar-refractivity contribution is 0.371. The van der Waals surface area contributed by atoms with E-state index in [1.165, 1.54) is 13.3 Å². The minimum absolute atomic E-state index is 0.0440. The van der Waals surface area contributed by atoms with E-state index in [9.17, 15) is 5.11 Å². The molecule has 0 saturated carbocycles. The average molecular weight is 284 g/mol. The van der Waals surface area contributed by atoms with Gasteiger partial charge in [0.05, 0.1) is 18.9 Å². The van der Waals surface area contributed by atoms with E-state index in [0.717, 1.165) is 5.56 Å². The summed E-state index contributed by atoms with van der Waals surface area (Å²) < 4.78 is 10.3. The zero-order valence-corrected chi connectivity index (χ0v) is 11.4. The predicted molar refractivity (Wildman–Crippen MR) is 73.7 cm³/mol. The third-order valence-electron chi connectivity index (χ3n) is 2.89. The molecule has 0 atom stereocenters. The van der Waals surface area contributed by atoms with Crippen LogP contribution in [-0.4, -0.2) is 32.3 Å². The lowest BCUT2D eigenvalue weighted by Gasteiger charge is -2.07. The number of aryl methyl sites for hydroxylation is 1. The highest BCUT2D eigenvalue weighted by atomic mass is 16.5. The van der Waals surface area contributed by atoms with Crippen LogP contribution in [0.5, 0.6) is 11.5 Å². The average Bonchev–Trinajstić information content (AvgIpc) is 3.00. The molecule has 0 aliphatic carbocycles. The van der Waals surface area contributed by atoms with Gasteiger partial charge in [-0.2, -0.15) is 4.98 Å². The van der Waals surface area contributed by atoms with Crippen molar-refractivity contribution >= 4 is 0 Å². The molecule has 7 heteroatoms. The Hall–Kier alpha value is -2.96. The third-order valence-corrected chi connectivity index (χ3v) is 2.89. The van der Waals surface area contributed by atoms with Crippen molar-refractivity contribution in [2.75, 3.05) is 7.11 Å². The van der Waals surface area contributed by atoms with Gasteiger partial charge in [-0.25, -0.2) is 4.98 Å². The molecule has 3 rings (SSSR count). The summed E-state index contributed by atoms with van der Waals surface area (Å²) in [4.78, 5) is 12.3. The molecular weight excluding hydrogens is 272 g/mol. The van der Waals surface area contributed by atoms with Gasteiger partial charge in [0.25, 0.3) is 5.89 Å². The molecule has 0 saturated heterocycles. The number of nitrogens with zero attached hydrogens (tertiary/aromatic N) is 4. The maximum atomic E-state index is 10.2. The summed E-state index contributed by atoms with van der Waals surface area (Å²) in [6.45, 7) is 1.88. The number of hydrogen-bond donors (Lipinski definition) is 1. The summed E-state index contributed by atoms with van der Waals surface area (Å²) in [5, 5.41) is 14.0. The number of methoxy groups -OCH3 is 1. The zero-order valence-electron chi connectivity index (χ0n) is 11.4. The van der Waals surface area contributed by atoms with Gasteiger partial charge in [0, 0.05) is 12.4 Å². The molecule has 0 radical (unpaired) electrons. The molecule has 0 unspecified atom stereocenters. The van der Waals surface area contributed by atoms with Crippen molar-refractivity contribution in [1.82, 2.24) is 20.1 Å². The van der Waals surface area contributed by atoms with E-state index in [1.807, 2.05) is 6.92 Å². The van der Waals surface area contributed by atoms with E-state index in [-0.39, 0.29) is 11.6 Å². The first-order chi connectivity index (χ1) is 10.2. The van der Waals surface area contributed by atoms with Crippen molar-refractivity contribution < 1.29 is 14.4 Å². The van der Waals surface area contributed by atoms with Crippen molar-refractivity contribution in [3.05, 3.63) is 36.3 Å². The molecular formula is C14H12N4O3. The summed E-state index contributed by atoms with van der Waals surface area (Å²) in [7, 11) is 1.48. The molecule has 0 spiro atoms. The second-order valence-electron chi connectivity index (χ2n) is 4.38. The minimum atomic E-state index is -0.0440. The maximum Gasteiger partial charge on any atom is 0.262 e. The first-order valence-corrected chi connectivity index (χ1v) is 6.17. The molecule has 0 amide bonds. The number of rotatable bonds is 3. The maximum absolute atomic E-state index is 10.2. The van der Waals surface area contributed by atoms with Crippen LogP contribution in [0.1, 0.15) is 5.56 Å². The number of aromatic hydroxyl groups is 1. The Labute approximate surface area is 120 Å². The fourth-order valence-corrected chi connectivity index (χ4v) is 1.92. The summed E-state index contributed by atoms with van der Waals surface area (Å²) >= 11 is 0. The van der Waals surface area contributed by atoms with Crippen molar-refractivity contribution in [2.24, 2.45) is 0 Å². The second kappa shape index (κ2) is 5.20. The molecule has 0 bridgehead atoms. The normalized spacial score (nSPS) is 10.6. The van der Waals surface area contributed by atoms with Crippen LogP contribution in [0, 0.1) is 6.92 Å². The Morgan fingerprint density at radius 1 is 1.24 bits per heavy atom. The van der Waals surface area contributed by atoms with Crippen LogP contribution in [0.4, 0.5) is 0 Å². The van der Waals surface area contributed by atoms with E-state index in [4.69, 9.17) is 9.26 Å². The summed E-state index contributed by atoms with van der Waals surface area (Å²) in [6, 6.07) is 3.46. The molecule has 2 heterocycles. The van der Waals surface area contributed by atoms with Gasteiger partial charge in [-0.1, -0.05) is 5.16 Å². The van der Waals surface area contributed by atoms with Crippen LogP contribution in [0.3, 0.4) is 0 Å². The van der Waals surface area contributed by atoms with Crippen LogP contribution in [0.2, 0.25) is 0 Å². The van der Waals surface area contributed by atoms with Gasteiger partial charge in [0.15, 0.2) is 11.5 Å². The Bertz CT molecular complexity index is 771. The molecule has 1 aromatic carbocycles. The molecule has 106 valence electrons. The third kappa shape index (κ3) is 2.40. The van der Waals surface area contributed by atoms with Crippen molar-refractivity contribution in [1.29, 1.82) is 0 Å². The number of ether oxygens (including phenoxy) is 1. The zero-order chi connectivity index (χ0) is 14.8. The van der Waals surface area contributed by atoms with Gasteiger partial charge in [0.2, 0.25) is 5.82 Å². The van der Waals surface area contributed by atoms with Crippen LogP contribution in [0.25, 0.3) is 23.0 Å². The van der Waals surface area contributed by atoms with Gasteiger partial charge in [-0.05, 0) is 24.6 Å². The number of phenols is 1. The second-order valence-corrected chi connectivity index (χ2v) is 4.38. The van der Waals surface area contributed by atoms with Gasteiger partial charge >= 0.3 is 0 Å². The SMILES string of the molecule is COc1cc(C)cc(-c2nc(-c3cnccn3)no2)c1O. The Morgan fingerprint density at radius 3 is 2.81 bits per heavy atom. The fraction of sp³-hybridized carbons (Fsp3) is 0.143. The molecule has 3 aromatic rings. The largest absolute Gasteiger partial charge is 0.504 e. The van der Waals surface area contributed by atoms with Gasteiger partial charge < -0.3 is 14.4 Å². The lowest BCUT2D eigenvalue weighted by atomic mass is 10.1. The van der Waals surface area contributed by atoms with E-state index in [0.29, 0.717) is 22.8 Å². The number of hydrogen-bond acceptors (Lipinski definition) is 7. The molecule has 0 fully saturated rings. The first kappa shape index (κ1) is 13.0. The highest BCUT2D eigenvalue weighted by Gasteiger charge is 2.18. The van der Waals surface area contributed by atoms with Crippen molar-refractivity contribution in [3.8, 4) is 34.5 Å². The highest BCUT2D eigenvalue weighted by Crippen LogP contribution is 2.37. The predicted octanol–water partition coefficient (Wildman–Crippen LogP) is 2.22. The molecule has 7 nitrogen and oxygen atoms in total. The summed E-state index contributed by atoms with van der Waals surface area (Å²) in [6.07, 6.45) is 4.63. The minimum Gasteiger partial charge on any atom is -0.504 e. The van der Waals surface area contributed by atoms with Crippen molar-refractivity contribution in [2.45, 2.75) is 6.92 Å². The molecule has 21 heavy (non-hydrogen) atoms. The smallest absolute Gasteiger partial charge is 0.262 e. The molecule has 1 N–H and O–H groups in total. The Kier molecular flexibility index (Phi) is 3.23. The van der Waals surface area contributed by atoms with Gasteiger partial charge in [-0.3, -0.25) is 4.98 Å². The number of phenolic OH excluding ortho intramolecular Hbond substituents is 1. The summed E-state index contributed by atoms with van der Waals surface area (Å²) in [5.74, 6) is 0.801. The molecule has 0 aliphatic rings. The Balaban J connectivity index is 2.07. The van der Waals surface area contributed by atoms with E-state index < -0.39 is 0 Å². The fourth-order valence-electron chi connectivity index (χ4n) is 1.92. The lowest BCUT2D eigenvalue weighted by Crippen LogP contribution is -1.89. The topological polar surface area (TPSA) is 94.2 Å². The van der Waals surface area contributed by atoms with Crippen LogP contribution >= 0.6 is 0 Å². The molecule has 0 aliphatic heterocycles.